The third-order valence-corrected chi connectivity index (χ3v) is 2.70. The molecule has 98 valence electrons. The van der Waals surface area contributed by atoms with Crippen LogP contribution < -0.4 is 5.32 Å². The molecule has 0 aliphatic carbocycles. The van der Waals surface area contributed by atoms with Gasteiger partial charge in [0.2, 0.25) is 0 Å². The highest BCUT2D eigenvalue weighted by atomic mass is 16.4. The molecule has 2 aromatic rings. The summed E-state index contributed by atoms with van der Waals surface area (Å²) in [6, 6.07) is 8.13. The highest BCUT2D eigenvalue weighted by Crippen LogP contribution is 2.09. The van der Waals surface area contributed by atoms with Gasteiger partial charge in [-0.3, -0.25) is 4.79 Å². The Labute approximate surface area is 109 Å². The third-order valence-electron chi connectivity index (χ3n) is 2.70. The van der Waals surface area contributed by atoms with Crippen LogP contribution in [0.4, 0.5) is 0 Å². The van der Waals surface area contributed by atoms with Crippen LogP contribution in [-0.4, -0.2) is 17.0 Å². The molecule has 1 heterocycles. The van der Waals surface area contributed by atoms with Gasteiger partial charge in [-0.05, 0) is 30.7 Å². The maximum atomic E-state index is 11.8. The Morgan fingerprint density at radius 3 is 2.74 bits per heavy atom. The van der Waals surface area contributed by atoms with Gasteiger partial charge in [-0.15, -0.1) is 0 Å². The molecule has 5 nitrogen and oxygen atoms in total. The number of rotatable bonds is 4. The number of aromatic carboxylic acids is 1. The average molecular weight is 259 g/mol. The van der Waals surface area contributed by atoms with E-state index in [1.807, 2.05) is 0 Å². The molecule has 2 N–H and O–H groups in total. The summed E-state index contributed by atoms with van der Waals surface area (Å²) in [7, 11) is 0. The number of carbonyl (C=O) groups is 2. The maximum absolute atomic E-state index is 11.8. The molecular weight excluding hydrogens is 246 g/mol. The van der Waals surface area contributed by atoms with Crippen molar-refractivity contribution >= 4 is 11.9 Å². The summed E-state index contributed by atoms with van der Waals surface area (Å²) in [4.78, 5) is 22.6. The molecule has 0 aliphatic heterocycles. The fourth-order valence-corrected chi connectivity index (χ4v) is 1.68. The number of carbonyl (C=O) groups excluding carboxylic acids is 1. The van der Waals surface area contributed by atoms with Crippen LogP contribution in [0, 0.1) is 6.92 Å². The number of aryl methyl sites for hydroxylation is 1. The van der Waals surface area contributed by atoms with Crippen LogP contribution >= 0.6 is 0 Å². The fourth-order valence-electron chi connectivity index (χ4n) is 1.68. The Morgan fingerprint density at radius 2 is 2.11 bits per heavy atom. The number of hydrogen-bond acceptors (Lipinski definition) is 3. The molecule has 0 saturated carbocycles. The van der Waals surface area contributed by atoms with Gasteiger partial charge in [-0.25, -0.2) is 4.79 Å². The largest absolute Gasteiger partial charge is 0.478 e. The lowest BCUT2D eigenvalue weighted by Gasteiger charge is -2.05. The minimum absolute atomic E-state index is 0.195. The molecule has 1 amide bonds. The molecule has 5 heteroatoms. The lowest BCUT2D eigenvalue weighted by Crippen LogP contribution is -2.23. The van der Waals surface area contributed by atoms with Gasteiger partial charge in [0.15, 0.2) is 5.76 Å². The predicted octanol–water partition coefficient (Wildman–Crippen LogP) is 2.22. The summed E-state index contributed by atoms with van der Waals surface area (Å²) >= 11 is 0. The van der Waals surface area contributed by atoms with Crippen molar-refractivity contribution in [1.82, 2.24) is 5.32 Å². The van der Waals surface area contributed by atoms with Crippen molar-refractivity contribution in [2.45, 2.75) is 13.5 Å². The van der Waals surface area contributed by atoms with E-state index in [1.165, 1.54) is 18.4 Å². The molecule has 0 spiro atoms. The minimum Gasteiger partial charge on any atom is -0.478 e. The monoisotopic (exact) mass is 259 g/mol. The Balaban J connectivity index is 2.03. The van der Waals surface area contributed by atoms with E-state index in [1.54, 1.807) is 25.1 Å². The van der Waals surface area contributed by atoms with E-state index in [0.29, 0.717) is 0 Å². The van der Waals surface area contributed by atoms with Crippen LogP contribution in [0.15, 0.2) is 41.0 Å². The molecule has 0 radical (unpaired) electrons. The van der Waals surface area contributed by atoms with E-state index in [4.69, 9.17) is 9.52 Å². The Hall–Kier alpha value is -2.56. The fraction of sp³-hybridized carbons (Fsp3) is 0.143. The number of hydrogen-bond donors (Lipinski definition) is 2. The van der Waals surface area contributed by atoms with E-state index in [-0.39, 0.29) is 23.8 Å². The summed E-state index contributed by atoms with van der Waals surface area (Å²) in [6.07, 6.45) is 1.45. The number of amides is 1. The molecule has 0 saturated heterocycles. The second-order valence-corrected chi connectivity index (χ2v) is 4.12. The minimum atomic E-state index is -0.991. The van der Waals surface area contributed by atoms with Gasteiger partial charge in [-0.2, -0.15) is 0 Å². The Morgan fingerprint density at radius 1 is 1.32 bits per heavy atom. The van der Waals surface area contributed by atoms with Crippen molar-refractivity contribution < 1.29 is 19.1 Å². The molecule has 0 fully saturated rings. The number of carboxylic acid groups (broad SMARTS) is 1. The first-order chi connectivity index (χ1) is 9.08. The van der Waals surface area contributed by atoms with E-state index in [9.17, 15) is 9.59 Å². The van der Waals surface area contributed by atoms with Gasteiger partial charge in [0.1, 0.15) is 0 Å². The topological polar surface area (TPSA) is 79.5 Å². The highest BCUT2D eigenvalue weighted by Gasteiger charge is 2.12. The van der Waals surface area contributed by atoms with Crippen LogP contribution in [0.5, 0.6) is 0 Å². The van der Waals surface area contributed by atoms with Gasteiger partial charge in [0.05, 0.1) is 11.8 Å². The molecule has 2 rings (SSSR count). The number of benzene rings is 1. The van der Waals surface area contributed by atoms with Gasteiger partial charge in [0.25, 0.3) is 5.91 Å². The highest BCUT2D eigenvalue weighted by molar-refractivity contribution is 5.92. The van der Waals surface area contributed by atoms with Crippen LogP contribution in [0.2, 0.25) is 0 Å². The molecule has 0 aliphatic rings. The van der Waals surface area contributed by atoms with E-state index in [0.717, 1.165) is 11.1 Å². The van der Waals surface area contributed by atoms with Crippen molar-refractivity contribution in [2.75, 3.05) is 0 Å². The molecule has 1 aromatic heterocycles. The van der Waals surface area contributed by atoms with Gasteiger partial charge in [-0.1, -0.05) is 12.1 Å². The van der Waals surface area contributed by atoms with Crippen LogP contribution in [0.1, 0.15) is 32.0 Å². The summed E-state index contributed by atoms with van der Waals surface area (Å²) in [6.45, 7) is 2.03. The number of carboxylic acids is 1. The second kappa shape index (κ2) is 5.39. The molecule has 0 unspecified atom stereocenters. The van der Waals surface area contributed by atoms with Crippen LogP contribution in [0.3, 0.4) is 0 Å². The van der Waals surface area contributed by atoms with E-state index >= 15 is 0 Å². The van der Waals surface area contributed by atoms with E-state index < -0.39 is 5.97 Å². The molecular formula is C14H13NO4. The van der Waals surface area contributed by atoms with Gasteiger partial charge < -0.3 is 14.8 Å². The molecule has 1 aromatic carbocycles. The predicted molar refractivity (Wildman–Crippen MR) is 68.0 cm³/mol. The average Bonchev–Trinajstić information content (AvgIpc) is 2.82. The first-order valence-electron chi connectivity index (χ1n) is 5.72. The zero-order valence-electron chi connectivity index (χ0n) is 10.3. The summed E-state index contributed by atoms with van der Waals surface area (Å²) < 4.78 is 5.07. The smallest absolute Gasteiger partial charge is 0.335 e. The quantitative estimate of drug-likeness (QED) is 0.882. The van der Waals surface area contributed by atoms with Crippen molar-refractivity contribution in [3.63, 3.8) is 0 Å². The molecule has 0 bridgehead atoms. The number of furan rings is 1. The summed E-state index contributed by atoms with van der Waals surface area (Å²) in [5.74, 6) is -1.03. The zero-order chi connectivity index (χ0) is 13.8. The van der Waals surface area contributed by atoms with Crippen molar-refractivity contribution in [1.29, 1.82) is 0 Å². The second-order valence-electron chi connectivity index (χ2n) is 4.12. The maximum Gasteiger partial charge on any atom is 0.335 e. The zero-order valence-corrected chi connectivity index (χ0v) is 10.3. The van der Waals surface area contributed by atoms with Gasteiger partial charge >= 0.3 is 5.97 Å². The number of nitrogens with one attached hydrogen (secondary N) is 1. The molecule has 0 atom stereocenters. The SMILES string of the molecule is Cc1ccoc1C(=O)NCc1cccc(C(=O)O)c1. The van der Waals surface area contributed by atoms with Crippen LogP contribution in [0.25, 0.3) is 0 Å². The third kappa shape index (κ3) is 3.01. The summed E-state index contributed by atoms with van der Waals surface area (Å²) in [5, 5.41) is 11.6. The summed E-state index contributed by atoms with van der Waals surface area (Å²) in [5.41, 5.74) is 1.68. The first kappa shape index (κ1) is 12.9. The Bertz CT molecular complexity index is 615. The van der Waals surface area contributed by atoms with Crippen molar-refractivity contribution in [3.05, 3.63) is 59.0 Å². The van der Waals surface area contributed by atoms with Crippen molar-refractivity contribution in [3.8, 4) is 0 Å². The van der Waals surface area contributed by atoms with Gasteiger partial charge in [0, 0.05) is 12.1 Å². The Kier molecular flexibility index (Phi) is 3.66. The lowest BCUT2D eigenvalue weighted by atomic mass is 10.1. The van der Waals surface area contributed by atoms with E-state index in [2.05, 4.69) is 5.32 Å². The van der Waals surface area contributed by atoms with Crippen LogP contribution in [-0.2, 0) is 6.54 Å². The molecule has 19 heavy (non-hydrogen) atoms. The first-order valence-corrected chi connectivity index (χ1v) is 5.72. The normalized spacial score (nSPS) is 10.2. The van der Waals surface area contributed by atoms with Crippen molar-refractivity contribution in [2.24, 2.45) is 0 Å². The lowest BCUT2D eigenvalue weighted by molar-refractivity contribution is 0.0696. The standard InChI is InChI=1S/C14H13NO4/c1-9-5-6-19-12(9)13(16)15-8-10-3-2-4-11(7-10)14(17)18/h2-7H,8H2,1H3,(H,15,16)(H,17,18).